The summed E-state index contributed by atoms with van der Waals surface area (Å²) in [4.78, 5) is 26.0. The fourth-order valence-corrected chi connectivity index (χ4v) is 2.27. The van der Waals surface area contributed by atoms with Gasteiger partial charge in [0.25, 0.3) is 0 Å². The predicted octanol–water partition coefficient (Wildman–Crippen LogP) is 1.64. The first-order valence-corrected chi connectivity index (χ1v) is 8.67. The molecule has 0 aromatic heterocycles. The summed E-state index contributed by atoms with van der Waals surface area (Å²) in [6.45, 7) is 6.08. The molecule has 0 bridgehead atoms. The summed E-state index contributed by atoms with van der Waals surface area (Å²) in [5, 5.41) is 5.44. The minimum atomic E-state index is -0.509. The summed E-state index contributed by atoms with van der Waals surface area (Å²) in [7, 11) is 1.58. The molecule has 0 heterocycles. The SMILES string of the molecule is CNC(=O)[C@H](CCCCN)NC(=O)N(CCS)CCC(C)C.Cl. The first-order valence-electron chi connectivity index (χ1n) is 8.04. The second-order valence-electron chi connectivity index (χ2n) is 5.79. The molecule has 4 N–H and O–H groups in total. The van der Waals surface area contributed by atoms with Crippen LogP contribution in [0.2, 0.25) is 0 Å². The first kappa shape index (κ1) is 24.6. The molecular weight excluding hydrogens is 336 g/mol. The fraction of sp³-hybridized carbons (Fsp3) is 0.867. The monoisotopic (exact) mass is 368 g/mol. The number of nitrogens with one attached hydrogen (secondary N) is 2. The molecule has 0 aliphatic carbocycles. The summed E-state index contributed by atoms with van der Waals surface area (Å²) in [6, 6.07) is -0.707. The normalized spacial score (nSPS) is 11.6. The summed E-state index contributed by atoms with van der Waals surface area (Å²) in [5.74, 6) is 0.957. The van der Waals surface area contributed by atoms with Gasteiger partial charge in [0.1, 0.15) is 6.04 Å². The molecule has 0 aromatic carbocycles. The number of unbranched alkanes of at least 4 members (excludes halogenated alkanes) is 1. The van der Waals surface area contributed by atoms with Crippen LogP contribution in [-0.4, -0.2) is 55.3 Å². The Morgan fingerprint density at radius 2 is 1.83 bits per heavy atom. The van der Waals surface area contributed by atoms with Crippen LogP contribution in [0.15, 0.2) is 0 Å². The highest BCUT2D eigenvalue weighted by Gasteiger charge is 2.22. The van der Waals surface area contributed by atoms with E-state index in [-0.39, 0.29) is 24.3 Å². The second-order valence-corrected chi connectivity index (χ2v) is 6.24. The largest absolute Gasteiger partial charge is 0.357 e. The lowest BCUT2D eigenvalue weighted by Crippen LogP contribution is -2.51. The summed E-state index contributed by atoms with van der Waals surface area (Å²) >= 11 is 4.20. The van der Waals surface area contributed by atoms with Gasteiger partial charge in [-0.3, -0.25) is 4.79 Å². The van der Waals surface area contributed by atoms with Crippen LogP contribution in [0.4, 0.5) is 4.79 Å². The zero-order valence-corrected chi connectivity index (χ0v) is 16.2. The highest BCUT2D eigenvalue weighted by molar-refractivity contribution is 7.80. The minimum Gasteiger partial charge on any atom is -0.357 e. The molecule has 0 aliphatic heterocycles. The average molecular weight is 369 g/mol. The van der Waals surface area contributed by atoms with Crippen molar-refractivity contribution in [1.29, 1.82) is 0 Å². The van der Waals surface area contributed by atoms with E-state index in [0.717, 1.165) is 19.3 Å². The molecule has 23 heavy (non-hydrogen) atoms. The third-order valence-corrected chi connectivity index (χ3v) is 3.64. The van der Waals surface area contributed by atoms with Gasteiger partial charge in [0.15, 0.2) is 0 Å². The van der Waals surface area contributed by atoms with Crippen molar-refractivity contribution < 1.29 is 9.59 Å². The molecule has 0 saturated carbocycles. The maximum absolute atomic E-state index is 12.4. The van der Waals surface area contributed by atoms with Gasteiger partial charge >= 0.3 is 6.03 Å². The van der Waals surface area contributed by atoms with Gasteiger partial charge in [-0.15, -0.1) is 12.4 Å². The first-order chi connectivity index (χ1) is 10.5. The van der Waals surface area contributed by atoms with E-state index in [1.807, 2.05) is 0 Å². The van der Waals surface area contributed by atoms with Crippen LogP contribution in [0.5, 0.6) is 0 Å². The van der Waals surface area contributed by atoms with E-state index in [9.17, 15) is 9.59 Å². The third kappa shape index (κ3) is 11.5. The highest BCUT2D eigenvalue weighted by Crippen LogP contribution is 2.05. The zero-order chi connectivity index (χ0) is 17.0. The smallest absolute Gasteiger partial charge is 0.318 e. The van der Waals surface area contributed by atoms with Crippen LogP contribution in [0, 0.1) is 5.92 Å². The van der Waals surface area contributed by atoms with E-state index in [0.29, 0.717) is 37.7 Å². The van der Waals surface area contributed by atoms with Crippen molar-refractivity contribution >= 4 is 37.0 Å². The van der Waals surface area contributed by atoms with E-state index in [2.05, 4.69) is 37.1 Å². The van der Waals surface area contributed by atoms with Gasteiger partial charge in [-0.2, -0.15) is 12.6 Å². The molecule has 0 radical (unpaired) electrons. The van der Waals surface area contributed by atoms with Crippen LogP contribution in [0.3, 0.4) is 0 Å². The number of amides is 3. The molecule has 0 rings (SSSR count). The lowest BCUT2D eigenvalue weighted by atomic mass is 10.1. The van der Waals surface area contributed by atoms with Crippen LogP contribution >= 0.6 is 25.0 Å². The molecule has 0 fully saturated rings. The average Bonchev–Trinajstić information content (AvgIpc) is 2.49. The number of hydrogen-bond acceptors (Lipinski definition) is 4. The van der Waals surface area contributed by atoms with Gasteiger partial charge in [0.05, 0.1) is 0 Å². The second kappa shape index (κ2) is 14.9. The number of hydrogen-bond donors (Lipinski definition) is 4. The lowest BCUT2D eigenvalue weighted by molar-refractivity contribution is -0.122. The fourth-order valence-electron chi connectivity index (χ4n) is 2.03. The number of nitrogens with two attached hydrogens (primary N) is 1. The Balaban J connectivity index is 0. The number of rotatable bonds is 11. The van der Waals surface area contributed by atoms with Gasteiger partial charge in [0.2, 0.25) is 5.91 Å². The van der Waals surface area contributed by atoms with Crippen molar-refractivity contribution in [3.05, 3.63) is 0 Å². The van der Waals surface area contributed by atoms with E-state index < -0.39 is 6.04 Å². The molecule has 0 aromatic rings. The Labute approximate surface area is 152 Å². The number of carbonyl (C=O) groups is 2. The Morgan fingerprint density at radius 3 is 2.30 bits per heavy atom. The number of urea groups is 1. The Bertz CT molecular complexity index is 333. The number of nitrogens with zero attached hydrogens (tertiary/aromatic N) is 1. The lowest BCUT2D eigenvalue weighted by Gasteiger charge is -2.26. The van der Waals surface area contributed by atoms with Gasteiger partial charge in [0, 0.05) is 25.9 Å². The van der Waals surface area contributed by atoms with Crippen molar-refractivity contribution in [3.63, 3.8) is 0 Å². The topological polar surface area (TPSA) is 87.5 Å². The molecule has 3 amide bonds. The molecule has 138 valence electrons. The van der Waals surface area contributed by atoms with E-state index in [1.165, 1.54) is 0 Å². The van der Waals surface area contributed by atoms with E-state index in [1.54, 1.807) is 11.9 Å². The summed E-state index contributed by atoms with van der Waals surface area (Å²) < 4.78 is 0. The highest BCUT2D eigenvalue weighted by atomic mass is 35.5. The van der Waals surface area contributed by atoms with Crippen LogP contribution in [-0.2, 0) is 4.79 Å². The number of thiol groups is 1. The molecule has 8 heteroatoms. The van der Waals surface area contributed by atoms with Crippen LogP contribution in [0.1, 0.15) is 39.5 Å². The summed E-state index contributed by atoms with van der Waals surface area (Å²) in [5.41, 5.74) is 5.48. The minimum absolute atomic E-state index is 0. The van der Waals surface area contributed by atoms with Crippen molar-refractivity contribution in [2.45, 2.75) is 45.6 Å². The van der Waals surface area contributed by atoms with E-state index in [4.69, 9.17) is 5.73 Å². The molecule has 0 spiro atoms. The van der Waals surface area contributed by atoms with Crippen LogP contribution in [0.25, 0.3) is 0 Å². The number of halogens is 1. The molecule has 6 nitrogen and oxygen atoms in total. The molecule has 0 aliphatic rings. The third-order valence-electron chi connectivity index (χ3n) is 3.44. The van der Waals surface area contributed by atoms with Gasteiger partial charge in [-0.25, -0.2) is 4.79 Å². The maximum atomic E-state index is 12.4. The van der Waals surface area contributed by atoms with Gasteiger partial charge in [-0.1, -0.05) is 13.8 Å². The summed E-state index contributed by atoms with van der Waals surface area (Å²) in [6.07, 6.45) is 3.19. The zero-order valence-electron chi connectivity index (χ0n) is 14.5. The molecule has 0 unspecified atom stereocenters. The van der Waals surface area contributed by atoms with Crippen LogP contribution < -0.4 is 16.4 Å². The van der Waals surface area contributed by atoms with Gasteiger partial charge in [-0.05, 0) is 38.1 Å². The molecule has 1 atom stereocenters. The van der Waals surface area contributed by atoms with Crippen molar-refractivity contribution in [2.75, 3.05) is 32.4 Å². The Kier molecular flexibility index (Phi) is 15.9. The van der Waals surface area contributed by atoms with Crippen molar-refractivity contribution in [2.24, 2.45) is 11.7 Å². The maximum Gasteiger partial charge on any atom is 0.318 e. The van der Waals surface area contributed by atoms with E-state index >= 15 is 0 Å². The van der Waals surface area contributed by atoms with Crippen molar-refractivity contribution in [3.8, 4) is 0 Å². The van der Waals surface area contributed by atoms with Gasteiger partial charge < -0.3 is 21.3 Å². The quantitative estimate of drug-likeness (QED) is 0.330. The standard InChI is InChI=1S/C15H32N4O2S.ClH/c1-12(2)7-9-19(10-11-22)15(21)18-13(14(20)17-3)6-4-5-8-16;/h12-13,22H,4-11,16H2,1-3H3,(H,17,20)(H,18,21);1H/t13-;/m0./s1. The number of carbonyl (C=O) groups excluding carboxylic acids is 2. The number of likely N-dealkylation sites (N-methyl/N-ethyl adjacent to an activating group) is 1. The Morgan fingerprint density at radius 1 is 1.17 bits per heavy atom. The van der Waals surface area contributed by atoms with Crippen molar-refractivity contribution in [1.82, 2.24) is 15.5 Å². The predicted molar refractivity (Wildman–Crippen MR) is 101 cm³/mol. The molecule has 0 saturated heterocycles. The molecular formula is C15H33ClN4O2S. The Hall–Kier alpha value is -0.660.